The van der Waals surface area contributed by atoms with Crippen LogP contribution in [0.1, 0.15) is 78.9 Å². The summed E-state index contributed by atoms with van der Waals surface area (Å²) < 4.78 is 12.4. The molecule has 2 fully saturated rings. The predicted octanol–water partition coefficient (Wildman–Crippen LogP) is 6.01. The van der Waals surface area contributed by atoms with Crippen molar-refractivity contribution in [3.63, 3.8) is 0 Å². The summed E-state index contributed by atoms with van der Waals surface area (Å²) in [4.78, 5) is 17.3. The van der Waals surface area contributed by atoms with Crippen molar-refractivity contribution in [2.45, 2.75) is 78.9 Å². The van der Waals surface area contributed by atoms with Gasteiger partial charge in [-0.3, -0.25) is 4.98 Å². The lowest BCUT2D eigenvalue weighted by molar-refractivity contribution is -0.235. The number of rotatable bonds is 2. The third-order valence-electron chi connectivity index (χ3n) is 10.3. The molecule has 2 unspecified atom stereocenters. The molecular formula is C28H37NO4. The number of pyridine rings is 1. The van der Waals surface area contributed by atoms with E-state index in [0.29, 0.717) is 28.9 Å². The van der Waals surface area contributed by atoms with Crippen LogP contribution in [-0.2, 0) is 0 Å². The molecule has 0 saturated heterocycles. The van der Waals surface area contributed by atoms with E-state index < -0.39 is 17.3 Å². The summed E-state index contributed by atoms with van der Waals surface area (Å²) in [5, 5.41) is 11.8. The minimum absolute atomic E-state index is 0.121. The Morgan fingerprint density at radius 1 is 1.21 bits per heavy atom. The number of fused-ring (bicyclic) bond motifs is 4. The molecule has 5 rings (SSSR count). The van der Waals surface area contributed by atoms with Crippen LogP contribution in [0.5, 0.6) is 5.75 Å². The smallest absolute Gasteiger partial charge is 0.345 e. The van der Waals surface area contributed by atoms with Gasteiger partial charge in [0.15, 0.2) is 0 Å². The van der Waals surface area contributed by atoms with Crippen LogP contribution in [0, 0.1) is 34.5 Å². The van der Waals surface area contributed by atoms with E-state index in [9.17, 15) is 9.90 Å². The highest BCUT2D eigenvalue weighted by atomic mass is 16.5. The second-order valence-electron chi connectivity index (χ2n) is 11.6. The summed E-state index contributed by atoms with van der Waals surface area (Å²) in [5.74, 6) is 2.04. The van der Waals surface area contributed by atoms with E-state index in [1.807, 2.05) is 6.07 Å². The van der Waals surface area contributed by atoms with E-state index in [-0.39, 0.29) is 28.2 Å². The first kappa shape index (κ1) is 22.6. The van der Waals surface area contributed by atoms with Gasteiger partial charge < -0.3 is 14.3 Å². The highest BCUT2D eigenvalue weighted by Gasteiger charge is 2.67. The number of aromatic nitrogens is 1. The molecule has 3 heterocycles. The molecule has 0 bridgehead atoms. The lowest BCUT2D eigenvalue weighted by atomic mass is 9.40. The maximum Gasteiger partial charge on any atom is 0.345 e. The Hall–Kier alpha value is -2.14. The Morgan fingerprint density at radius 3 is 2.64 bits per heavy atom. The first-order valence-corrected chi connectivity index (χ1v) is 12.5. The molecule has 0 aromatic carbocycles. The van der Waals surface area contributed by atoms with E-state index in [1.54, 1.807) is 24.5 Å². The van der Waals surface area contributed by atoms with E-state index in [2.05, 4.69) is 46.5 Å². The van der Waals surface area contributed by atoms with Crippen LogP contribution >= 0.6 is 0 Å². The van der Waals surface area contributed by atoms with Crippen molar-refractivity contribution >= 4 is 0 Å². The van der Waals surface area contributed by atoms with Gasteiger partial charge in [-0.25, -0.2) is 4.79 Å². The molecule has 5 nitrogen and oxygen atoms in total. The molecular weight excluding hydrogens is 414 g/mol. The van der Waals surface area contributed by atoms with Crippen molar-refractivity contribution in [3.05, 3.63) is 46.6 Å². The fourth-order valence-corrected chi connectivity index (χ4v) is 7.91. The molecule has 0 amide bonds. The fourth-order valence-electron chi connectivity index (χ4n) is 7.91. The molecule has 178 valence electrons. The number of aliphatic hydroxyl groups is 1. The van der Waals surface area contributed by atoms with Crippen LogP contribution in [0.3, 0.4) is 0 Å². The minimum Gasteiger partial charge on any atom is -0.486 e. The van der Waals surface area contributed by atoms with Crippen molar-refractivity contribution in [1.29, 1.82) is 0 Å². The van der Waals surface area contributed by atoms with Gasteiger partial charge in [-0.2, -0.15) is 0 Å². The molecule has 33 heavy (non-hydrogen) atoms. The summed E-state index contributed by atoms with van der Waals surface area (Å²) in [6.07, 6.45) is 6.79. The van der Waals surface area contributed by atoms with Gasteiger partial charge in [0.25, 0.3) is 0 Å². The van der Waals surface area contributed by atoms with Gasteiger partial charge >= 0.3 is 5.63 Å². The molecule has 8 atom stereocenters. The quantitative estimate of drug-likeness (QED) is 0.605. The summed E-state index contributed by atoms with van der Waals surface area (Å²) in [6, 6.07) is 5.42. The molecule has 0 radical (unpaired) electrons. The van der Waals surface area contributed by atoms with E-state index in [4.69, 9.17) is 9.15 Å². The molecule has 2 aromatic rings. The number of ether oxygens (including phenoxy) is 1. The second kappa shape index (κ2) is 7.43. The summed E-state index contributed by atoms with van der Waals surface area (Å²) >= 11 is 0. The Labute approximate surface area is 196 Å². The third kappa shape index (κ3) is 3.00. The van der Waals surface area contributed by atoms with Crippen molar-refractivity contribution in [1.82, 2.24) is 4.98 Å². The first-order chi connectivity index (χ1) is 15.6. The van der Waals surface area contributed by atoms with Crippen LogP contribution in [0.15, 0.2) is 39.8 Å². The summed E-state index contributed by atoms with van der Waals surface area (Å²) in [6.45, 7) is 13.9. The molecule has 1 N–H and O–H groups in total. The van der Waals surface area contributed by atoms with Crippen molar-refractivity contribution in [2.24, 2.45) is 34.5 Å². The number of aliphatic hydroxyl groups excluding tert-OH is 1. The lowest BCUT2D eigenvalue weighted by Gasteiger charge is -2.67. The van der Waals surface area contributed by atoms with Crippen molar-refractivity contribution < 1.29 is 14.3 Å². The Bertz CT molecular complexity index is 1110. The zero-order valence-electron chi connectivity index (χ0n) is 20.7. The summed E-state index contributed by atoms with van der Waals surface area (Å²) in [5.41, 5.74) is -0.00166. The molecule has 2 aromatic heterocycles. The normalized spacial score (nSPS) is 42.0. The maximum atomic E-state index is 13.2. The van der Waals surface area contributed by atoms with Gasteiger partial charge in [0, 0.05) is 29.9 Å². The first-order valence-electron chi connectivity index (χ1n) is 12.5. The zero-order chi connectivity index (χ0) is 23.8. The maximum absolute atomic E-state index is 13.2. The Morgan fingerprint density at radius 2 is 1.97 bits per heavy atom. The molecule has 2 aliphatic carbocycles. The number of nitrogens with zero attached hydrogens (tertiary/aromatic N) is 1. The minimum atomic E-state index is -0.914. The van der Waals surface area contributed by atoms with Crippen molar-refractivity contribution in [3.8, 4) is 17.1 Å². The standard InChI is InChI=1S/C28H37NO4/c1-7-26(4)16(2)10-11-27(5)21(26)13-17(3)28(6)24(27)23(30)22-20(33-28)14-19(32-25(22)31)18-9-8-12-29-15-18/h8-9,12,14-17,21,23-24,30H,7,10-11,13H2,1-6H3/t16-,17-,21?,23-,24?,26+,27-,28+/m0/s1. The molecule has 3 aliphatic rings. The molecule has 1 aliphatic heterocycles. The van der Waals surface area contributed by atoms with Crippen LogP contribution in [0.25, 0.3) is 11.3 Å². The van der Waals surface area contributed by atoms with Crippen LogP contribution in [0.4, 0.5) is 0 Å². The van der Waals surface area contributed by atoms with Gasteiger partial charge in [-0.15, -0.1) is 0 Å². The van der Waals surface area contributed by atoms with Crippen LogP contribution in [-0.4, -0.2) is 15.7 Å². The Balaban J connectivity index is 1.65. The number of hydrogen-bond donors (Lipinski definition) is 1. The van der Waals surface area contributed by atoms with E-state index in [0.717, 1.165) is 25.7 Å². The number of hydrogen-bond acceptors (Lipinski definition) is 5. The third-order valence-corrected chi connectivity index (χ3v) is 10.3. The van der Waals surface area contributed by atoms with Crippen LogP contribution in [0.2, 0.25) is 0 Å². The van der Waals surface area contributed by atoms with E-state index >= 15 is 0 Å². The van der Waals surface area contributed by atoms with Crippen molar-refractivity contribution in [2.75, 3.05) is 0 Å². The van der Waals surface area contributed by atoms with E-state index in [1.165, 1.54) is 0 Å². The van der Waals surface area contributed by atoms with Crippen LogP contribution < -0.4 is 10.4 Å². The highest BCUT2D eigenvalue weighted by Crippen LogP contribution is 2.69. The molecule has 0 spiro atoms. The molecule has 5 heteroatoms. The molecule has 2 saturated carbocycles. The zero-order valence-corrected chi connectivity index (χ0v) is 20.7. The average molecular weight is 452 g/mol. The van der Waals surface area contributed by atoms with Gasteiger partial charge in [0.05, 0.1) is 6.10 Å². The van der Waals surface area contributed by atoms with Gasteiger partial charge in [0.2, 0.25) is 0 Å². The monoisotopic (exact) mass is 451 g/mol. The predicted molar refractivity (Wildman–Crippen MR) is 128 cm³/mol. The SMILES string of the molecule is CC[C@@]1(C)C2C[C@H](C)[C@@]3(C)Oc4cc(-c5cccnc5)oc(=O)c4[C@H](O)C3[C@@]2(C)CC[C@@H]1C. The average Bonchev–Trinajstić information content (AvgIpc) is 2.78. The largest absolute Gasteiger partial charge is 0.486 e. The second-order valence-corrected chi connectivity index (χ2v) is 11.6. The van der Waals surface area contributed by atoms with Gasteiger partial charge in [0.1, 0.15) is 22.7 Å². The fraction of sp³-hybridized carbons (Fsp3) is 0.643. The Kier molecular flexibility index (Phi) is 5.10. The topological polar surface area (TPSA) is 72.6 Å². The van der Waals surface area contributed by atoms with Gasteiger partial charge in [-0.1, -0.05) is 41.0 Å². The lowest BCUT2D eigenvalue weighted by Crippen LogP contribution is -2.67. The summed E-state index contributed by atoms with van der Waals surface area (Å²) in [7, 11) is 0. The highest BCUT2D eigenvalue weighted by molar-refractivity contribution is 5.59. The van der Waals surface area contributed by atoms with Gasteiger partial charge in [-0.05, 0) is 66.9 Å².